The molecular weight excluding hydrogens is 621 g/mol. The molecule has 2 aliphatic heterocycles. The van der Waals surface area contributed by atoms with Crippen molar-refractivity contribution >= 4 is 11.4 Å². The summed E-state index contributed by atoms with van der Waals surface area (Å²) in [5.41, 5.74) is 13.5. The average molecular weight is 687 g/mol. The van der Waals surface area contributed by atoms with Crippen LogP contribution in [0.1, 0.15) is 111 Å². The van der Waals surface area contributed by atoms with Crippen LogP contribution in [0.3, 0.4) is 0 Å². The van der Waals surface area contributed by atoms with E-state index in [9.17, 15) is 0 Å². The normalized spacial score (nSPS) is 17.1. The fourth-order valence-electron chi connectivity index (χ4n) is 8.54. The van der Waals surface area contributed by atoms with Gasteiger partial charge < -0.3 is 20.0 Å². The van der Waals surface area contributed by atoms with Gasteiger partial charge in [-0.05, 0) is 136 Å². The molecule has 274 valence electrons. The summed E-state index contributed by atoms with van der Waals surface area (Å²) in [4.78, 5) is 7.56. The molecule has 1 atom stereocenters. The van der Waals surface area contributed by atoms with Crippen LogP contribution in [-0.2, 0) is 13.0 Å². The zero-order valence-electron chi connectivity index (χ0n) is 32.3. The fraction of sp³-hybridized carbons (Fsp3) is 0.489. The predicted molar refractivity (Wildman–Crippen MR) is 222 cm³/mol. The number of hydrogen-bond donors (Lipinski definition) is 1. The smallest absolute Gasteiger partial charge is 0.0688 e. The van der Waals surface area contributed by atoms with E-state index < -0.39 is 0 Å². The van der Waals surface area contributed by atoms with Gasteiger partial charge in [0.15, 0.2) is 0 Å². The maximum atomic E-state index is 4.58. The molecule has 2 aromatic carbocycles. The van der Waals surface area contributed by atoms with Gasteiger partial charge in [0, 0.05) is 49.8 Å². The summed E-state index contributed by atoms with van der Waals surface area (Å²) in [6.07, 6.45) is 24.6. The van der Waals surface area contributed by atoms with Crippen LogP contribution in [-0.4, -0.2) is 56.1 Å². The molecule has 3 aliphatic rings. The van der Waals surface area contributed by atoms with Crippen molar-refractivity contribution < 1.29 is 0 Å². The van der Waals surface area contributed by atoms with Crippen molar-refractivity contribution in [3.63, 3.8) is 0 Å². The number of anilines is 1. The summed E-state index contributed by atoms with van der Waals surface area (Å²) in [6, 6.07) is 14.3. The van der Waals surface area contributed by atoms with Crippen LogP contribution in [0.15, 0.2) is 104 Å². The van der Waals surface area contributed by atoms with E-state index in [-0.39, 0.29) is 6.04 Å². The van der Waals surface area contributed by atoms with E-state index in [1.807, 2.05) is 19.2 Å². The molecule has 5 rings (SSSR count). The van der Waals surface area contributed by atoms with Gasteiger partial charge in [0.25, 0.3) is 0 Å². The molecule has 0 saturated carbocycles. The Labute approximate surface area is 311 Å². The number of nitrogens with zero attached hydrogens (tertiary/aromatic N) is 3. The summed E-state index contributed by atoms with van der Waals surface area (Å²) in [7, 11) is 4.17. The van der Waals surface area contributed by atoms with Crippen molar-refractivity contribution in [3.05, 3.63) is 132 Å². The standard InChI is InChI=1S/C47H66N4/c1-8-10-22-47(37(4)48-6)51-35-46-44(38(51)5)32-36(3)33-45(46)41-27-30-50(31-28-41)29-18-14-12-11-13-15-19-39-23-25-43(26-24-39)49(7)34-42-21-17-16-20-40(42)9-2/h8-9,17,21,23-26,32-33,41,47-48H,1-2,4-5,10-16,18-20,22,27-31,34-35H2,3,6-7H3. The van der Waals surface area contributed by atoms with Gasteiger partial charge in [-0.1, -0.05) is 93.5 Å². The molecule has 0 aromatic heterocycles. The van der Waals surface area contributed by atoms with Crippen LogP contribution in [0.5, 0.6) is 0 Å². The predicted octanol–water partition coefficient (Wildman–Crippen LogP) is 10.9. The Hall–Kier alpha value is -3.76. The summed E-state index contributed by atoms with van der Waals surface area (Å²) in [6.45, 7) is 24.7. The molecule has 4 nitrogen and oxygen atoms in total. The fourth-order valence-corrected chi connectivity index (χ4v) is 8.54. The minimum absolute atomic E-state index is 0.229. The zero-order valence-corrected chi connectivity index (χ0v) is 32.3. The number of likely N-dealkylation sites (tertiary alicyclic amines) is 1. The van der Waals surface area contributed by atoms with Gasteiger partial charge in [-0.3, -0.25) is 0 Å². The van der Waals surface area contributed by atoms with Gasteiger partial charge >= 0.3 is 0 Å². The zero-order chi connectivity index (χ0) is 36.2. The van der Waals surface area contributed by atoms with E-state index in [0.29, 0.717) is 5.92 Å². The highest BCUT2D eigenvalue weighted by Gasteiger charge is 2.33. The van der Waals surface area contributed by atoms with Crippen molar-refractivity contribution in [1.29, 1.82) is 0 Å². The van der Waals surface area contributed by atoms with Crippen molar-refractivity contribution in [2.45, 2.75) is 109 Å². The molecule has 1 fully saturated rings. The van der Waals surface area contributed by atoms with Crippen molar-refractivity contribution in [1.82, 2.24) is 15.1 Å². The second-order valence-electron chi connectivity index (χ2n) is 15.3. The molecule has 1 aliphatic carbocycles. The molecule has 4 heteroatoms. The molecule has 2 heterocycles. The van der Waals surface area contributed by atoms with Gasteiger partial charge in [0.2, 0.25) is 0 Å². The van der Waals surface area contributed by atoms with Gasteiger partial charge in [0.05, 0.1) is 6.04 Å². The van der Waals surface area contributed by atoms with Gasteiger partial charge in [-0.25, -0.2) is 0 Å². The van der Waals surface area contributed by atoms with Gasteiger partial charge in [-0.2, -0.15) is 0 Å². The van der Waals surface area contributed by atoms with Crippen LogP contribution in [0.4, 0.5) is 5.69 Å². The highest BCUT2D eigenvalue weighted by atomic mass is 15.2. The second kappa shape index (κ2) is 19.2. The number of benzene rings is 2. The molecule has 0 radical (unpaired) electrons. The Balaban J connectivity index is 0.981. The first kappa shape index (κ1) is 38.5. The third-order valence-electron chi connectivity index (χ3n) is 11.7. The third-order valence-corrected chi connectivity index (χ3v) is 11.7. The minimum atomic E-state index is 0.229. The summed E-state index contributed by atoms with van der Waals surface area (Å²) >= 11 is 0. The number of hydrogen-bond acceptors (Lipinski definition) is 4. The molecule has 1 saturated heterocycles. The Morgan fingerprint density at radius 1 is 1.02 bits per heavy atom. The first-order valence-corrected chi connectivity index (χ1v) is 19.9. The first-order chi connectivity index (χ1) is 24.8. The molecule has 0 amide bonds. The van der Waals surface area contributed by atoms with Crippen LogP contribution in [0.25, 0.3) is 5.70 Å². The molecular formula is C47H66N4. The topological polar surface area (TPSA) is 21.8 Å². The minimum Gasteiger partial charge on any atom is -0.390 e. The second-order valence-corrected chi connectivity index (χ2v) is 15.3. The SMILES string of the molecule is C=CCCC(C(=C)NC)N1Cc2c(cc(C)cc2C2CCN(CCCCCCCCc3ccc(N(C)CC4=C(C=C)CCC=C4)cc3)CC2)C1=C. The number of unbranched alkanes of at least 4 members (excludes halogenated alkanes) is 5. The van der Waals surface area contributed by atoms with E-state index in [2.05, 4.69) is 109 Å². The lowest BCUT2D eigenvalue weighted by Crippen LogP contribution is -2.35. The lowest BCUT2D eigenvalue weighted by Gasteiger charge is -2.33. The Bertz CT molecular complexity index is 1550. The van der Waals surface area contributed by atoms with Crippen LogP contribution >= 0.6 is 0 Å². The lowest BCUT2D eigenvalue weighted by molar-refractivity contribution is 0.207. The van der Waals surface area contributed by atoms with Crippen LogP contribution in [0, 0.1) is 6.92 Å². The summed E-state index contributed by atoms with van der Waals surface area (Å²) in [5, 5.41) is 3.32. The number of piperidine rings is 1. The van der Waals surface area contributed by atoms with Crippen molar-refractivity contribution in [2.24, 2.45) is 0 Å². The lowest BCUT2D eigenvalue weighted by atomic mass is 9.84. The van der Waals surface area contributed by atoms with Crippen molar-refractivity contribution in [3.8, 4) is 0 Å². The largest absolute Gasteiger partial charge is 0.390 e. The van der Waals surface area contributed by atoms with E-state index in [0.717, 1.165) is 50.2 Å². The van der Waals surface area contributed by atoms with E-state index >= 15 is 0 Å². The molecule has 1 N–H and O–H groups in total. The molecule has 1 unspecified atom stereocenters. The number of fused-ring (bicyclic) bond motifs is 1. The molecule has 0 spiro atoms. The Kier molecular flexibility index (Phi) is 14.5. The van der Waals surface area contributed by atoms with Gasteiger partial charge in [-0.15, -0.1) is 6.58 Å². The maximum absolute atomic E-state index is 4.58. The number of allylic oxidation sites excluding steroid dienone is 4. The van der Waals surface area contributed by atoms with Gasteiger partial charge in [0.1, 0.15) is 0 Å². The number of aryl methyl sites for hydroxylation is 2. The molecule has 51 heavy (non-hydrogen) atoms. The highest BCUT2D eigenvalue weighted by molar-refractivity contribution is 5.72. The summed E-state index contributed by atoms with van der Waals surface area (Å²) in [5.74, 6) is 0.640. The highest BCUT2D eigenvalue weighted by Crippen LogP contribution is 2.42. The van der Waals surface area contributed by atoms with E-state index in [1.54, 1.807) is 5.56 Å². The monoisotopic (exact) mass is 687 g/mol. The van der Waals surface area contributed by atoms with Crippen molar-refractivity contribution in [2.75, 3.05) is 45.2 Å². The molecule has 2 aromatic rings. The number of likely N-dealkylation sites (N-methyl/N-ethyl adjacent to an activating group) is 2. The van der Waals surface area contributed by atoms with E-state index in [4.69, 9.17) is 0 Å². The quantitative estimate of drug-likeness (QED) is 0.111. The van der Waals surface area contributed by atoms with Crippen LogP contribution < -0.4 is 10.2 Å². The Morgan fingerprint density at radius 3 is 2.45 bits per heavy atom. The van der Waals surface area contributed by atoms with E-state index in [1.165, 1.54) is 117 Å². The molecule has 0 bridgehead atoms. The third kappa shape index (κ3) is 10.2. The number of nitrogens with one attached hydrogen (secondary N) is 1. The first-order valence-electron chi connectivity index (χ1n) is 19.9. The number of rotatable bonds is 20. The average Bonchev–Trinajstić information content (AvgIpc) is 3.48. The Morgan fingerprint density at radius 2 is 1.75 bits per heavy atom. The van der Waals surface area contributed by atoms with Crippen LogP contribution in [0.2, 0.25) is 0 Å². The maximum Gasteiger partial charge on any atom is 0.0688 e. The summed E-state index contributed by atoms with van der Waals surface area (Å²) < 4.78 is 0.